The molecule has 0 bridgehead atoms. The first-order valence-corrected chi connectivity index (χ1v) is 10.1. The Hall–Kier alpha value is -3.05. The Morgan fingerprint density at radius 2 is 2.00 bits per heavy atom. The molecule has 0 radical (unpaired) electrons. The number of hydrogen-bond acceptors (Lipinski definition) is 6. The zero-order valence-electron chi connectivity index (χ0n) is 15.1. The fourth-order valence-electron chi connectivity index (χ4n) is 2.60. The van der Waals surface area contributed by atoms with E-state index in [1.54, 1.807) is 6.07 Å². The highest BCUT2D eigenvalue weighted by atomic mass is 79.9. The monoisotopic (exact) mass is 493 g/mol. The van der Waals surface area contributed by atoms with E-state index in [9.17, 15) is 28.9 Å². The molecule has 8 nitrogen and oxygen atoms in total. The summed E-state index contributed by atoms with van der Waals surface area (Å²) >= 11 is 3.72. The second-order valence-electron chi connectivity index (χ2n) is 6.03. The summed E-state index contributed by atoms with van der Waals surface area (Å²) in [5, 5.41) is 13.0. The molecule has 1 fully saturated rings. The number of hydrogen-bond donors (Lipinski definition) is 1. The van der Waals surface area contributed by atoms with Crippen LogP contribution in [0.15, 0.2) is 51.8 Å². The first-order valence-electron chi connectivity index (χ1n) is 8.50. The number of halogens is 2. The lowest BCUT2D eigenvalue weighted by atomic mass is 10.2. The number of thioether (sulfide) groups is 1. The number of imide groups is 1. The summed E-state index contributed by atoms with van der Waals surface area (Å²) < 4.78 is 14.0. The smallest absolute Gasteiger partial charge is 0.293 e. The van der Waals surface area contributed by atoms with Gasteiger partial charge in [-0.2, -0.15) is 0 Å². The van der Waals surface area contributed by atoms with Crippen molar-refractivity contribution in [1.82, 2.24) is 10.2 Å². The lowest BCUT2D eigenvalue weighted by molar-refractivity contribution is -0.385. The van der Waals surface area contributed by atoms with Crippen LogP contribution in [0.2, 0.25) is 0 Å². The van der Waals surface area contributed by atoms with E-state index in [1.807, 2.05) is 0 Å². The number of amides is 3. The van der Waals surface area contributed by atoms with Crippen molar-refractivity contribution in [3.63, 3.8) is 0 Å². The minimum absolute atomic E-state index is 0.0479. The van der Waals surface area contributed by atoms with Crippen LogP contribution in [-0.2, 0) is 4.79 Å². The molecule has 11 heteroatoms. The van der Waals surface area contributed by atoms with Crippen molar-refractivity contribution in [2.75, 3.05) is 13.1 Å². The molecule has 1 aliphatic heterocycles. The molecule has 1 heterocycles. The van der Waals surface area contributed by atoms with Crippen molar-refractivity contribution < 1.29 is 23.7 Å². The summed E-state index contributed by atoms with van der Waals surface area (Å²) in [6, 6.07) is 9.78. The van der Waals surface area contributed by atoms with Gasteiger partial charge in [0, 0.05) is 30.3 Å². The van der Waals surface area contributed by atoms with Crippen LogP contribution in [0.1, 0.15) is 15.9 Å². The fraction of sp³-hybridized carbons (Fsp3) is 0.105. The third-order valence-electron chi connectivity index (χ3n) is 4.09. The Kier molecular flexibility index (Phi) is 6.63. The first-order chi connectivity index (χ1) is 14.3. The molecule has 0 atom stereocenters. The van der Waals surface area contributed by atoms with Gasteiger partial charge in [0.1, 0.15) is 5.82 Å². The molecule has 154 valence electrons. The zero-order chi connectivity index (χ0) is 21.8. The molecule has 1 N–H and O–H groups in total. The highest BCUT2D eigenvalue weighted by Gasteiger charge is 2.34. The van der Waals surface area contributed by atoms with Crippen molar-refractivity contribution in [3.05, 3.63) is 78.9 Å². The quantitative estimate of drug-likeness (QED) is 0.370. The SMILES string of the molecule is O=C(NCCN1C(=O)S/C(=C\c2ccccc2F)C1=O)c1ccc(Br)c([N+](=O)[O-])c1. The number of rotatable bonds is 6. The largest absolute Gasteiger partial charge is 0.350 e. The van der Waals surface area contributed by atoms with E-state index in [0.717, 1.165) is 11.0 Å². The molecular weight excluding hydrogens is 481 g/mol. The predicted octanol–water partition coefficient (Wildman–Crippen LogP) is 3.96. The highest BCUT2D eigenvalue weighted by molar-refractivity contribution is 9.10. The van der Waals surface area contributed by atoms with E-state index in [0.29, 0.717) is 11.8 Å². The third kappa shape index (κ3) is 4.74. The van der Waals surface area contributed by atoms with Crippen molar-refractivity contribution in [1.29, 1.82) is 0 Å². The predicted molar refractivity (Wildman–Crippen MR) is 112 cm³/mol. The van der Waals surface area contributed by atoms with Gasteiger partial charge >= 0.3 is 0 Å². The molecule has 2 aromatic carbocycles. The lowest BCUT2D eigenvalue weighted by Crippen LogP contribution is -2.37. The van der Waals surface area contributed by atoms with E-state index in [2.05, 4.69) is 21.2 Å². The Balaban J connectivity index is 1.62. The van der Waals surface area contributed by atoms with Crippen molar-refractivity contribution in [2.45, 2.75) is 0 Å². The van der Waals surface area contributed by atoms with Crippen LogP contribution in [-0.4, -0.2) is 40.0 Å². The maximum Gasteiger partial charge on any atom is 0.293 e. The molecule has 1 saturated heterocycles. The van der Waals surface area contributed by atoms with Crippen LogP contribution in [0.25, 0.3) is 6.08 Å². The van der Waals surface area contributed by atoms with Crippen LogP contribution in [0.4, 0.5) is 14.9 Å². The van der Waals surface area contributed by atoms with Gasteiger partial charge in [-0.05, 0) is 52.0 Å². The van der Waals surface area contributed by atoms with Crippen LogP contribution in [0.5, 0.6) is 0 Å². The highest BCUT2D eigenvalue weighted by Crippen LogP contribution is 2.32. The fourth-order valence-corrected chi connectivity index (χ4v) is 3.85. The number of benzene rings is 2. The van der Waals surface area contributed by atoms with Gasteiger partial charge in [-0.15, -0.1) is 0 Å². The number of carbonyl (C=O) groups excluding carboxylic acids is 3. The summed E-state index contributed by atoms with van der Waals surface area (Å²) in [5.41, 5.74) is -0.00139. The molecule has 3 amide bonds. The Morgan fingerprint density at radius 3 is 2.70 bits per heavy atom. The molecule has 0 aliphatic carbocycles. The molecule has 3 rings (SSSR count). The van der Waals surface area contributed by atoms with Crippen LogP contribution in [0, 0.1) is 15.9 Å². The molecule has 0 aromatic heterocycles. The summed E-state index contributed by atoms with van der Waals surface area (Å²) in [6.07, 6.45) is 1.31. The van der Waals surface area contributed by atoms with E-state index in [-0.39, 0.29) is 39.3 Å². The number of nitro benzene ring substituents is 1. The van der Waals surface area contributed by atoms with Gasteiger partial charge in [0.05, 0.1) is 14.3 Å². The Labute approximate surface area is 182 Å². The van der Waals surface area contributed by atoms with Crippen molar-refractivity contribution >= 4 is 56.5 Å². The maximum absolute atomic E-state index is 13.8. The van der Waals surface area contributed by atoms with E-state index in [4.69, 9.17) is 0 Å². The Morgan fingerprint density at radius 1 is 1.27 bits per heavy atom. The molecule has 0 unspecified atom stereocenters. The van der Waals surface area contributed by atoms with Gasteiger partial charge in [-0.25, -0.2) is 4.39 Å². The van der Waals surface area contributed by atoms with Gasteiger partial charge in [-0.3, -0.25) is 29.4 Å². The molecular formula is C19H13BrFN3O5S. The first kappa shape index (κ1) is 21.7. The van der Waals surface area contributed by atoms with Gasteiger partial charge < -0.3 is 5.32 Å². The summed E-state index contributed by atoms with van der Waals surface area (Å²) in [6.45, 7) is -0.142. The molecule has 0 saturated carbocycles. The summed E-state index contributed by atoms with van der Waals surface area (Å²) in [7, 11) is 0. The molecule has 30 heavy (non-hydrogen) atoms. The van der Waals surface area contributed by atoms with E-state index >= 15 is 0 Å². The number of nitro groups is 1. The molecule has 2 aromatic rings. The topological polar surface area (TPSA) is 110 Å². The minimum atomic E-state index is -0.622. The van der Waals surface area contributed by atoms with Crippen LogP contribution < -0.4 is 5.32 Å². The van der Waals surface area contributed by atoms with Crippen LogP contribution >= 0.6 is 27.7 Å². The number of carbonyl (C=O) groups is 3. The van der Waals surface area contributed by atoms with Gasteiger partial charge in [0.2, 0.25) is 0 Å². The average Bonchev–Trinajstić information content (AvgIpc) is 2.97. The van der Waals surface area contributed by atoms with Gasteiger partial charge in [0.15, 0.2) is 0 Å². The summed E-state index contributed by atoms with van der Waals surface area (Å²) in [5.74, 6) is -1.68. The van der Waals surface area contributed by atoms with Crippen LogP contribution in [0.3, 0.4) is 0 Å². The molecule has 1 aliphatic rings. The number of nitrogens with zero attached hydrogens (tertiary/aromatic N) is 2. The Bertz CT molecular complexity index is 1090. The second-order valence-corrected chi connectivity index (χ2v) is 7.88. The van der Waals surface area contributed by atoms with Gasteiger partial charge in [0.25, 0.3) is 22.7 Å². The van der Waals surface area contributed by atoms with Gasteiger partial charge in [-0.1, -0.05) is 18.2 Å². The van der Waals surface area contributed by atoms with Crippen molar-refractivity contribution in [2.24, 2.45) is 0 Å². The summed E-state index contributed by atoms with van der Waals surface area (Å²) in [4.78, 5) is 48.1. The standard InChI is InChI=1S/C19H13BrFN3O5S/c20-13-6-5-12(9-15(13)24(28)29)17(25)22-7-8-23-18(26)16(30-19(23)27)10-11-3-1-2-4-14(11)21/h1-6,9-10H,7-8H2,(H,22,25)/b16-10-. The zero-order valence-corrected chi connectivity index (χ0v) is 17.5. The van der Waals surface area contributed by atoms with E-state index < -0.39 is 27.8 Å². The number of nitrogens with one attached hydrogen (secondary N) is 1. The van der Waals surface area contributed by atoms with Crippen molar-refractivity contribution in [3.8, 4) is 0 Å². The lowest BCUT2D eigenvalue weighted by Gasteiger charge is -2.13. The normalized spacial score (nSPS) is 15.0. The third-order valence-corrected chi connectivity index (χ3v) is 5.67. The van der Waals surface area contributed by atoms with E-state index in [1.165, 1.54) is 36.4 Å². The minimum Gasteiger partial charge on any atom is -0.350 e. The molecule has 0 spiro atoms. The average molecular weight is 494 g/mol. The second kappa shape index (κ2) is 9.18. The maximum atomic E-state index is 13.8.